The summed E-state index contributed by atoms with van der Waals surface area (Å²) in [6.45, 7) is 0.728. The van der Waals surface area contributed by atoms with Gasteiger partial charge in [0.1, 0.15) is 0 Å². The number of hydrogen-bond acceptors (Lipinski definition) is 3. The van der Waals surface area contributed by atoms with E-state index in [0.29, 0.717) is 6.04 Å². The quantitative estimate of drug-likeness (QED) is 0.729. The van der Waals surface area contributed by atoms with E-state index in [1.807, 2.05) is 19.3 Å². The van der Waals surface area contributed by atoms with Crippen LogP contribution in [0.4, 0.5) is 0 Å². The van der Waals surface area contributed by atoms with Crippen molar-refractivity contribution in [3.05, 3.63) is 30.1 Å². The summed E-state index contributed by atoms with van der Waals surface area (Å²) in [5, 5.41) is 3.20. The average molecular weight is 180 g/mol. The fourth-order valence-electron chi connectivity index (χ4n) is 1.25. The van der Waals surface area contributed by atoms with Gasteiger partial charge in [0.15, 0.2) is 0 Å². The predicted octanol–water partition coefficient (Wildman–Crippen LogP) is 0.858. The second-order valence-corrected chi connectivity index (χ2v) is 3.01. The smallest absolute Gasteiger partial charge is 0.0618 e. The maximum Gasteiger partial charge on any atom is 0.0618 e. The summed E-state index contributed by atoms with van der Waals surface area (Å²) in [7, 11) is 3.66. The van der Waals surface area contributed by atoms with Gasteiger partial charge >= 0.3 is 0 Å². The molecule has 0 amide bonds. The molecule has 1 aromatic rings. The van der Waals surface area contributed by atoms with Crippen LogP contribution in [0.5, 0.6) is 0 Å². The zero-order chi connectivity index (χ0) is 9.52. The third-order valence-electron chi connectivity index (χ3n) is 1.98. The number of aromatic nitrogens is 1. The molecule has 1 atom stereocenters. The molecule has 0 aromatic carbocycles. The van der Waals surface area contributed by atoms with Gasteiger partial charge in [-0.3, -0.25) is 4.98 Å². The first-order chi connectivity index (χ1) is 6.36. The molecule has 0 fully saturated rings. The Morgan fingerprint density at radius 1 is 1.62 bits per heavy atom. The molecule has 3 heteroatoms. The standard InChI is InChI=1S/C10H16N2O/c1-11-10(8-13-2)6-9-4-3-5-12-7-9/h3-5,7,10-11H,6,8H2,1-2H3. The molecule has 1 heterocycles. The summed E-state index contributed by atoms with van der Waals surface area (Å²) in [4.78, 5) is 4.06. The van der Waals surface area contributed by atoms with Crippen molar-refractivity contribution in [2.75, 3.05) is 20.8 Å². The molecule has 1 N–H and O–H groups in total. The third kappa shape index (κ3) is 3.53. The van der Waals surface area contributed by atoms with E-state index in [9.17, 15) is 0 Å². The number of nitrogens with zero attached hydrogens (tertiary/aromatic N) is 1. The summed E-state index contributed by atoms with van der Waals surface area (Å²) < 4.78 is 5.08. The van der Waals surface area contributed by atoms with Crippen molar-refractivity contribution >= 4 is 0 Å². The molecule has 0 aliphatic rings. The minimum absolute atomic E-state index is 0.370. The van der Waals surface area contributed by atoms with E-state index in [1.54, 1.807) is 13.3 Å². The largest absolute Gasteiger partial charge is 0.383 e. The topological polar surface area (TPSA) is 34.1 Å². The van der Waals surface area contributed by atoms with Crippen LogP contribution in [0, 0.1) is 0 Å². The lowest BCUT2D eigenvalue weighted by Crippen LogP contribution is -2.32. The molecule has 0 bridgehead atoms. The normalized spacial score (nSPS) is 12.8. The van der Waals surface area contributed by atoms with E-state index in [2.05, 4.69) is 16.4 Å². The minimum Gasteiger partial charge on any atom is -0.383 e. The first-order valence-corrected chi connectivity index (χ1v) is 4.42. The predicted molar refractivity (Wildman–Crippen MR) is 52.7 cm³/mol. The lowest BCUT2D eigenvalue weighted by molar-refractivity contribution is 0.169. The van der Waals surface area contributed by atoms with Crippen molar-refractivity contribution in [3.8, 4) is 0 Å². The maximum absolute atomic E-state index is 5.08. The molecule has 1 unspecified atom stereocenters. The zero-order valence-corrected chi connectivity index (χ0v) is 8.16. The Kier molecular flexibility index (Phi) is 4.43. The molecule has 0 aliphatic carbocycles. The van der Waals surface area contributed by atoms with Gasteiger partial charge in [-0.1, -0.05) is 6.07 Å². The Morgan fingerprint density at radius 3 is 3.00 bits per heavy atom. The lowest BCUT2D eigenvalue weighted by Gasteiger charge is -2.14. The Balaban J connectivity index is 2.46. The summed E-state index contributed by atoms with van der Waals surface area (Å²) in [5.41, 5.74) is 1.24. The van der Waals surface area contributed by atoms with Gasteiger partial charge in [-0.15, -0.1) is 0 Å². The van der Waals surface area contributed by atoms with Crippen LogP contribution in [0.1, 0.15) is 5.56 Å². The van der Waals surface area contributed by atoms with Gasteiger partial charge in [-0.25, -0.2) is 0 Å². The summed E-state index contributed by atoms with van der Waals surface area (Å²) in [5.74, 6) is 0. The van der Waals surface area contributed by atoms with Crippen molar-refractivity contribution < 1.29 is 4.74 Å². The van der Waals surface area contributed by atoms with Crippen molar-refractivity contribution in [1.82, 2.24) is 10.3 Å². The molecule has 0 radical (unpaired) electrons. The van der Waals surface area contributed by atoms with Gasteiger partial charge in [-0.05, 0) is 25.1 Å². The molecular weight excluding hydrogens is 164 g/mol. The van der Waals surface area contributed by atoms with Gasteiger partial charge in [-0.2, -0.15) is 0 Å². The minimum atomic E-state index is 0.370. The summed E-state index contributed by atoms with van der Waals surface area (Å²) in [6, 6.07) is 4.40. The van der Waals surface area contributed by atoms with E-state index >= 15 is 0 Å². The Labute approximate surface area is 79.1 Å². The van der Waals surface area contributed by atoms with Crippen LogP contribution in [0.3, 0.4) is 0 Å². The Bertz CT molecular complexity index is 226. The highest BCUT2D eigenvalue weighted by atomic mass is 16.5. The second kappa shape index (κ2) is 5.67. The highest BCUT2D eigenvalue weighted by Gasteiger charge is 2.05. The van der Waals surface area contributed by atoms with E-state index in [1.165, 1.54) is 5.56 Å². The number of likely N-dealkylation sites (N-methyl/N-ethyl adjacent to an activating group) is 1. The molecule has 0 aliphatic heterocycles. The van der Waals surface area contributed by atoms with E-state index in [0.717, 1.165) is 13.0 Å². The molecule has 3 nitrogen and oxygen atoms in total. The van der Waals surface area contributed by atoms with Crippen molar-refractivity contribution in [2.45, 2.75) is 12.5 Å². The van der Waals surface area contributed by atoms with Gasteiger partial charge in [0.25, 0.3) is 0 Å². The molecule has 0 saturated heterocycles. The maximum atomic E-state index is 5.08. The molecule has 1 aromatic heterocycles. The number of methoxy groups -OCH3 is 1. The summed E-state index contributed by atoms with van der Waals surface area (Å²) >= 11 is 0. The lowest BCUT2D eigenvalue weighted by atomic mass is 10.1. The Morgan fingerprint density at radius 2 is 2.46 bits per heavy atom. The number of hydrogen-bond donors (Lipinski definition) is 1. The van der Waals surface area contributed by atoms with Gasteiger partial charge < -0.3 is 10.1 Å². The SMILES string of the molecule is CNC(COC)Cc1cccnc1. The molecule has 0 spiro atoms. The van der Waals surface area contributed by atoms with E-state index in [4.69, 9.17) is 4.74 Å². The monoisotopic (exact) mass is 180 g/mol. The van der Waals surface area contributed by atoms with Gasteiger partial charge in [0, 0.05) is 25.5 Å². The van der Waals surface area contributed by atoms with Crippen molar-refractivity contribution in [3.63, 3.8) is 0 Å². The van der Waals surface area contributed by atoms with Gasteiger partial charge in [0.05, 0.1) is 6.61 Å². The molecule has 0 saturated carbocycles. The first kappa shape index (κ1) is 10.2. The zero-order valence-electron chi connectivity index (χ0n) is 8.16. The first-order valence-electron chi connectivity index (χ1n) is 4.42. The number of pyridine rings is 1. The molecule has 1 rings (SSSR count). The second-order valence-electron chi connectivity index (χ2n) is 3.01. The molecule has 72 valence electrons. The van der Waals surface area contributed by atoms with Crippen LogP contribution < -0.4 is 5.32 Å². The van der Waals surface area contributed by atoms with Crippen molar-refractivity contribution in [1.29, 1.82) is 0 Å². The van der Waals surface area contributed by atoms with Crippen LogP contribution in [0.2, 0.25) is 0 Å². The van der Waals surface area contributed by atoms with Crippen LogP contribution >= 0.6 is 0 Å². The van der Waals surface area contributed by atoms with Crippen LogP contribution in [0.15, 0.2) is 24.5 Å². The molecular formula is C10H16N2O. The van der Waals surface area contributed by atoms with Crippen LogP contribution in [-0.2, 0) is 11.2 Å². The van der Waals surface area contributed by atoms with Crippen LogP contribution in [-0.4, -0.2) is 31.8 Å². The average Bonchev–Trinajstić information content (AvgIpc) is 2.19. The van der Waals surface area contributed by atoms with Gasteiger partial charge in [0.2, 0.25) is 0 Å². The highest BCUT2D eigenvalue weighted by molar-refractivity contribution is 5.10. The van der Waals surface area contributed by atoms with E-state index in [-0.39, 0.29) is 0 Å². The van der Waals surface area contributed by atoms with E-state index < -0.39 is 0 Å². The number of rotatable bonds is 5. The van der Waals surface area contributed by atoms with Crippen molar-refractivity contribution in [2.24, 2.45) is 0 Å². The van der Waals surface area contributed by atoms with Crippen LogP contribution in [0.25, 0.3) is 0 Å². The Hall–Kier alpha value is -0.930. The third-order valence-corrected chi connectivity index (χ3v) is 1.98. The molecule has 13 heavy (non-hydrogen) atoms. The highest BCUT2D eigenvalue weighted by Crippen LogP contribution is 2.00. The fraction of sp³-hybridized carbons (Fsp3) is 0.500. The number of nitrogens with one attached hydrogen (secondary N) is 1. The fourth-order valence-corrected chi connectivity index (χ4v) is 1.25. The number of ether oxygens (including phenoxy) is 1. The summed E-state index contributed by atoms with van der Waals surface area (Å²) in [6.07, 6.45) is 4.63.